The van der Waals surface area contributed by atoms with Crippen LogP contribution in [0.25, 0.3) is 0 Å². The summed E-state index contributed by atoms with van der Waals surface area (Å²) in [6.45, 7) is 0. The summed E-state index contributed by atoms with van der Waals surface area (Å²) in [5, 5.41) is 0. The SMILES string of the molecule is COC(N)=C(C=O)C=O. The van der Waals surface area contributed by atoms with Gasteiger partial charge in [0.2, 0.25) is 0 Å². The van der Waals surface area contributed by atoms with Crippen LogP contribution in [-0.4, -0.2) is 19.7 Å². The average molecular weight is 129 g/mol. The molecule has 0 rings (SSSR count). The maximum absolute atomic E-state index is 9.89. The second kappa shape index (κ2) is 3.65. The number of aldehydes is 2. The molecule has 0 aromatic rings. The van der Waals surface area contributed by atoms with Crippen LogP contribution in [0.15, 0.2) is 11.5 Å². The average Bonchev–Trinajstić information content (AvgIpc) is 1.90. The Morgan fingerprint density at radius 1 is 1.44 bits per heavy atom. The molecule has 0 atom stereocenters. The molecule has 0 unspecified atom stereocenters. The van der Waals surface area contributed by atoms with Crippen molar-refractivity contribution in [2.45, 2.75) is 0 Å². The molecule has 0 aliphatic rings. The molecule has 9 heavy (non-hydrogen) atoms. The summed E-state index contributed by atoms with van der Waals surface area (Å²) in [6, 6.07) is 0. The molecule has 0 fully saturated rings. The number of carbonyl (C=O) groups is 2. The highest BCUT2D eigenvalue weighted by Crippen LogP contribution is 1.89. The van der Waals surface area contributed by atoms with E-state index in [9.17, 15) is 9.59 Å². The van der Waals surface area contributed by atoms with Crippen LogP contribution in [0, 0.1) is 0 Å². The number of carbonyl (C=O) groups excluding carboxylic acids is 2. The normalized spacial score (nSPS) is 7.67. The Balaban J connectivity index is 4.36. The molecule has 0 spiro atoms. The molecule has 0 aliphatic carbocycles. The molecule has 2 N–H and O–H groups in total. The number of allylic oxidation sites excluding steroid dienone is 1. The van der Waals surface area contributed by atoms with Crippen LogP contribution in [0.2, 0.25) is 0 Å². The molecule has 0 aliphatic heterocycles. The summed E-state index contributed by atoms with van der Waals surface area (Å²) in [5.74, 6) is -0.153. The second-order valence-corrected chi connectivity index (χ2v) is 1.26. The third kappa shape index (κ3) is 1.94. The monoisotopic (exact) mass is 129 g/mol. The molecule has 0 aromatic carbocycles. The fourth-order valence-electron chi connectivity index (χ4n) is 0.262. The molecule has 50 valence electrons. The van der Waals surface area contributed by atoms with Gasteiger partial charge in [0.25, 0.3) is 0 Å². The third-order valence-electron chi connectivity index (χ3n) is 0.758. The van der Waals surface area contributed by atoms with Crippen LogP contribution in [0.4, 0.5) is 0 Å². The van der Waals surface area contributed by atoms with E-state index in [1.165, 1.54) is 7.11 Å². The number of hydrogen-bond acceptors (Lipinski definition) is 4. The highest BCUT2D eigenvalue weighted by atomic mass is 16.5. The van der Waals surface area contributed by atoms with Crippen molar-refractivity contribution in [3.05, 3.63) is 11.5 Å². The first-order valence-electron chi connectivity index (χ1n) is 2.20. The Kier molecular flexibility index (Phi) is 3.12. The van der Waals surface area contributed by atoms with Gasteiger partial charge < -0.3 is 10.5 Å². The summed E-state index contributed by atoms with van der Waals surface area (Å²) in [5.41, 5.74) is 4.86. The number of nitrogens with two attached hydrogens (primary N) is 1. The molecular formula is C5H7NO3. The highest BCUT2D eigenvalue weighted by Gasteiger charge is 1.98. The van der Waals surface area contributed by atoms with E-state index in [1.807, 2.05) is 0 Å². The zero-order valence-electron chi connectivity index (χ0n) is 4.96. The third-order valence-corrected chi connectivity index (χ3v) is 0.758. The summed E-state index contributed by atoms with van der Waals surface area (Å²) in [4.78, 5) is 19.8. The van der Waals surface area contributed by atoms with E-state index in [2.05, 4.69) is 4.74 Å². The molecule has 0 amide bonds. The lowest BCUT2D eigenvalue weighted by atomic mass is 10.3. The zero-order valence-corrected chi connectivity index (χ0v) is 4.96. The Hall–Kier alpha value is -1.32. The van der Waals surface area contributed by atoms with E-state index in [0.29, 0.717) is 12.6 Å². The maximum Gasteiger partial charge on any atom is 0.197 e. The lowest BCUT2D eigenvalue weighted by Gasteiger charge is -1.96. The fraction of sp³-hybridized carbons (Fsp3) is 0.200. The first kappa shape index (κ1) is 7.68. The fourth-order valence-corrected chi connectivity index (χ4v) is 0.262. The van der Waals surface area contributed by atoms with Crippen molar-refractivity contribution >= 4 is 12.6 Å². The van der Waals surface area contributed by atoms with Crippen molar-refractivity contribution in [1.82, 2.24) is 0 Å². The lowest BCUT2D eigenvalue weighted by molar-refractivity contribution is -0.110. The summed E-state index contributed by atoms with van der Waals surface area (Å²) in [7, 11) is 1.28. The largest absolute Gasteiger partial charge is 0.482 e. The molecule has 0 aromatic heterocycles. The van der Waals surface area contributed by atoms with Gasteiger partial charge in [0.05, 0.1) is 7.11 Å². The Bertz CT molecular complexity index is 140. The van der Waals surface area contributed by atoms with Gasteiger partial charge in [0.15, 0.2) is 18.5 Å². The molecule has 0 heterocycles. The summed E-state index contributed by atoms with van der Waals surface area (Å²) < 4.78 is 4.39. The predicted molar refractivity (Wildman–Crippen MR) is 30.4 cm³/mol. The van der Waals surface area contributed by atoms with Crippen LogP contribution in [0.5, 0.6) is 0 Å². The van der Waals surface area contributed by atoms with Gasteiger partial charge in [-0.25, -0.2) is 0 Å². The van der Waals surface area contributed by atoms with Crippen LogP contribution in [0.3, 0.4) is 0 Å². The van der Waals surface area contributed by atoms with E-state index >= 15 is 0 Å². The zero-order chi connectivity index (χ0) is 7.28. The van der Waals surface area contributed by atoms with Crippen molar-refractivity contribution in [3.8, 4) is 0 Å². The maximum atomic E-state index is 9.89. The van der Waals surface area contributed by atoms with Gasteiger partial charge in [0, 0.05) is 0 Å². The van der Waals surface area contributed by atoms with E-state index in [-0.39, 0.29) is 11.5 Å². The van der Waals surface area contributed by atoms with Gasteiger partial charge in [-0.2, -0.15) is 0 Å². The Morgan fingerprint density at radius 3 is 2.00 bits per heavy atom. The molecule has 4 nitrogen and oxygen atoms in total. The van der Waals surface area contributed by atoms with Crippen LogP contribution in [0.1, 0.15) is 0 Å². The van der Waals surface area contributed by atoms with Gasteiger partial charge in [-0.3, -0.25) is 9.59 Å². The van der Waals surface area contributed by atoms with Gasteiger partial charge in [-0.1, -0.05) is 0 Å². The number of ether oxygens (including phenoxy) is 1. The van der Waals surface area contributed by atoms with Gasteiger partial charge in [0.1, 0.15) is 5.57 Å². The molecule has 0 saturated heterocycles. The molecule has 4 heteroatoms. The van der Waals surface area contributed by atoms with E-state index < -0.39 is 0 Å². The summed E-state index contributed by atoms with van der Waals surface area (Å²) in [6.07, 6.45) is 0.678. The molecule has 0 radical (unpaired) electrons. The van der Waals surface area contributed by atoms with E-state index in [1.54, 1.807) is 0 Å². The van der Waals surface area contributed by atoms with Crippen LogP contribution >= 0.6 is 0 Å². The lowest BCUT2D eigenvalue weighted by Crippen LogP contribution is -2.06. The Labute approximate surface area is 52.3 Å². The molecule has 0 saturated carbocycles. The first-order valence-corrected chi connectivity index (χ1v) is 2.20. The minimum absolute atomic E-state index is 0.153. The quantitative estimate of drug-likeness (QED) is 0.178. The molecule has 0 bridgehead atoms. The topological polar surface area (TPSA) is 69.4 Å². The smallest absolute Gasteiger partial charge is 0.197 e. The van der Waals surface area contributed by atoms with Crippen molar-refractivity contribution in [2.24, 2.45) is 5.73 Å². The number of hydrogen-bond donors (Lipinski definition) is 1. The van der Waals surface area contributed by atoms with Gasteiger partial charge >= 0.3 is 0 Å². The van der Waals surface area contributed by atoms with Crippen molar-refractivity contribution in [3.63, 3.8) is 0 Å². The van der Waals surface area contributed by atoms with E-state index in [0.717, 1.165) is 0 Å². The number of methoxy groups -OCH3 is 1. The van der Waals surface area contributed by atoms with Crippen molar-refractivity contribution in [1.29, 1.82) is 0 Å². The summed E-state index contributed by atoms with van der Waals surface area (Å²) >= 11 is 0. The van der Waals surface area contributed by atoms with Crippen molar-refractivity contribution < 1.29 is 14.3 Å². The van der Waals surface area contributed by atoms with Gasteiger partial charge in [-0.15, -0.1) is 0 Å². The first-order chi connectivity index (χ1) is 4.26. The van der Waals surface area contributed by atoms with Crippen LogP contribution in [-0.2, 0) is 14.3 Å². The Morgan fingerprint density at radius 2 is 1.89 bits per heavy atom. The van der Waals surface area contributed by atoms with Gasteiger partial charge in [-0.05, 0) is 0 Å². The van der Waals surface area contributed by atoms with E-state index in [4.69, 9.17) is 5.73 Å². The second-order valence-electron chi connectivity index (χ2n) is 1.26. The minimum atomic E-state index is -0.169. The number of rotatable bonds is 3. The predicted octanol–water partition coefficient (Wildman–Crippen LogP) is -0.799. The highest BCUT2D eigenvalue weighted by molar-refractivity contribution is 5.99. The molecular weight excluding hydrogens is 122 g/mol. The standard InChI is InChI=1S/C5H7NO3/c1-9-5(6)4(2-7)3-8/h2-3H,6H2,1H3. The van der Waals surface area contributed by atoms with Crippen molar-refractivity contribution in [2.75, 3.05) is 7.11 Å². The van der Waals surface area contributed by atoms with Crippen LogP contribution < -0.4 is 5.73 Å². The minimum Gasteiger partial charge on any atom is -0.482 e.